The van der Waals surface area contributed by atoms with Crippen LogP contribution in [0.15, 0.2) is 0 Å². The van der Waals surface area contributed by atoms with E-state index in [1.807, 2.05) is 6.92 Å². The highest BCUT2D eigenvalue weighted by Crippen LogP contribution is 1.97. The van der Waals surface area contributed by atoms with Gasteiger partial charge in [0, 0.05) is 13.7 Å². The van der Waals surface area contributed by atoms with Gasteiger partial charge in [-0.05, 0) is 19.8 Å². The molecule has 2 nitrogen and oxygen atoms in total. The van der Waals surface area contributed by atoms with E-state index < -0.39 is 0 Å². The van der Waals surface area contributed by atoms with Crippen molar-refractivity contribution in [3.05, 3.63) is 0 Å². The van der Waals surface area contributed by atoms with Crippen molar-refractivity contribution in [2.24, 2.45) is 0 Å². The van der Waals surface area contributed by atoms with E-state index in [1.165, 1.54) is 0 Å². The Kier molecular flexibility index (Phi) is 5.01. The van der Waals surface area contributed by atoms with E-state index in [0.29, 0.717) is 6.10 Å². The van der Waals surface area contributed by atoms with Crippen molar-refractivity contribution in [1.29, 1.82) is 0 Å². The first-order chi connectivity index (χ1) is 3.81. The molecule has 0 aliphatic carbocycles. The van der Waals surface area contributed by atoms with Crippen molar-refractivity contribution in [3.8, 4) is 0 Å². The van der Waals surface area contributed by atoms with E-state index in [4.69, 9.17) is 9.84 Å². The Labute approximate surface area is 50.5 Å². The molecule has 2 heteroatoms. The number of methoxy groups -OCH3 is 1. The highest BCUT2D eigenvalue weighted by molar-refractivity contribution is 4.46. The molecule has 0 aliphatic rings. The summed E-state index contributed by atoms with van der Waals surface area (Å²) in [6.45, 7) is 2.27. The summed E-state index contributed by atoms with van der Waals surface area (Å²) in [6, 6.07) is 0. The molecule has 0 fully saturated rings. The van der Waals surface area contributed by atoms with Crippen molar-refractivity contribution in [2.75, 3.05) is 13.7 Å². The average molecular weight is 118 g/mol. The van der Waals surface area contributed by atoms with Gasteiger partial charge in [0.15, 0.2) is 0 Å². The minimum Gasteiger partial charge on any atom is -0.396 e. The summed E-state index contributed by atoms with van der Waals surface area (Å²) in [6.07, 6.45) is 2.09. The van der Waals surface area contributed by atoms with Crippen LogP contribution in [0.1, 0.15) is 19.8 Å². The molecule has 1 unspecified atom stereocenters. The zero-order valence-electron chi connectivity index (χ0n) is 5.55. The van der Waals surface area contributed by atoms with E-state index >= 15 is 0 Å². The standard InChI is InChI=1S/C6H14O2/c1-6(8-2)4-3-5-7/h6-7H,3-5H2,1-2H3. The molecule has 0 radical (unpaired) electrons. The van der Waals surface area contributed by atoms with Gasteiger partial charge in [-0.3, -0.25) is 0 Å². The Morgan fingerprint density at radius 3 is 2.62 bits per heavy atom. The summed E-state index contributed by atoms with van der Waals surface area (Å²) in [5.74, 6) is 0. The second-order valence-corrected chi connectivity index (χ2v) is 1.91. The number of rotatable bonds is 4. The van der Waals surface area contributed by atoms with Crippen molar-refractivity contribution in [2.45, 2.75) is 25.9 Å². The number of hydrogen-bond donors (Lipinski definition) is 1. The third-order valence-corrected chi connectivity index (χ3v) is 1.17. The van der Waals surface area contributed by atoms with Crippen molar-refractivity contribution in [3.63, 3.8) is 0 Å². The van der Waals surface area contributed by atoms with Gasteiger partial charge in [-0.2, -0.15) is 0 Å². The predicted octanol–water partition coefficient (Wildman–Crippen LogP) is 0.794. The fraction of sp³-hybridized carbons (Fsp3) is 1.00. The number of aliphatic hydroxyl groups excluding tert-OH is 1. The van der Waals surface area contributed by atoms with Gasteiger partial charge in [-0.15, -0.1) is 0 Å². The summed E-state index contributed by atoms with van der Waals surface area (Å²) in [4.78, 5) is 0. The minimum atomic E-state index is 0.272. The highest BCUT2D eigenvalue weighted by Gasteiger charge is 1.95. The van der Waals surface area contributed by atoms with Crippen LogP contribution < -0.4 is 0 Å². The number of ether oxygens (including phenoxy) is 1. The molecule has 0 aliphatic heterocycles. The Morgan fingerprint density at radius 2 is 2.25 bits per heavy atom. The molecule has 0 aromatic carbocycles. The lowest BCUT2D eigenvalue weighted by molar-refractivity contribution is 0.103. The molecule has 0 bridgehead atoms. The lowest BCUT2D eigenvalue weighted by atomic mass is 10.2. The fourth-order valence-corrected chi connectivity index (χ4v) is 0.497. The number of aliphatic hydroxyl groups is 1. The molecule has 0 rings (SSSR count). The quantitative estimate of drug-likeness (QED) is 0.591. The monoisotopic (exact) mass is 118 g/mol. The maximum absolute atomic E-state index is 8.36. The third kappa shape index (κ3) is 4.09. The van der Waals surface area contributed by atoms with Crippen molar-refractivity contribution >= 4 is 0 Å². The van der Waals surface area contributed by atoms with Crippen LogP contribution >= 0.6 is 0 Å². The largest absolute Gasteiger partial charge is 0.396 e. The highest BCUT2D eigenvalue weighted by atomic mass is 16.5. The minimum absolute atomic E-state index is 0.272. The van der Waals surface area contributed by atoms with Crippen LogP contribution in [0.25, 0.3) is 0 Å². The van der Waals surface area contributed by atoms with Gasteiger partial charge in [0.25, 0.3) is 0 Å². The normalized spacial score (nSPS) is 13.9. The molecule has 0 spiro atoms. The van der Waals surface area contributed by atoms with Gasteiger partial charge in [-0.1, -0.05) is 0 Å². The first-order valence-corrected chi connectivity index (χ1v) is 2.95. The predicted molar refractivity (Wildman–Crippen MR) is 32.8 cm³/mol. The SMILES string of the molecule is COC(C)CCCO. The first-order valence-electron chi connectivity index (χ1n) is 2.95. The molecule has 0 aromatic rings. The topological polar surface area (TPSA) is 29.5 Å². The van der Waals surface area contributed by atoms with E-state index in [1.54, 1.807) is 7.11 Å². The zero-order chi connectivity index (χ0) is 6.41. The molecular formula is C6H14O2. The molecule has 8 heavy (non-hydrogen) atoms. The van der Waals surface area contributed by atoms with Crippen LogP contribution in [0.3, 0.4) is 0 Å². The van der Waals surface area contributed by atoms with Crippen LogP contribution in [-0.4, -0.2) is 24.9 Å². The average Bonchev–Trinajstić information content (AvgIpc) is 1.83. The second-order valence-electron chi connectivity index (χ2n) is 1.91. The van der Waals surface area contributed by atoms with E-state index in [9.17, 15) is 0 Å². The Bertz CT molecular complexity index is 45.8. The van der Waals surface area contributed by atoms with Crippen LogP contribution in [0.5, 0.6) is 0 Å². The summed E-state index contributed by atoms with van der Waals surface area (Å²) >= 11 is 0. The summed E-state index contributed by atoms with van der Waals surface area (Å²) in [5, 5.41) is 8.36. The van der Waals surface area contributed by atoms with Gasteiger partial charge in [0.1, 0.15) is 0 Å². The molecule has 0 saturated carbocycles. The molecule has 1 atom stereocenters. The molecule has 0 saturated heterocycles. The van der Waals surface area contributed by atoms with E-state index in [-0.39, 0.29) is 6.61 Å². The lowest BCUT2D eigenvalue weighted by Crippen LogP contribution is -2.04. The maximum Gasteiger partial charge on any atom is 0.0544 e. The van der Waals surface area contributed by atoms with Crippen molar-refractivity contribution < 1.29 is 9.84 Å². The molecule has 0 heterocycles. The molecule has 0 amide bonds. The van der Waals surface area contributed by atoms with Gasteiger partial charge in [0.05, 0.1) is 6.10 Å². The Balaban J connectivity index is 2.86. The third-order valence-electron chi connectivity index (χ3n) is 1.17. The van der Waals surface area contributed by atoms with Crippen molar-refractivity contribution in [1.82, 2.24) is 0 Å². The Hall–Kier alpha value is -0.0800. The van der Waals surface area contributed by atoms with E-state index in [0.717, 1.165) is 12.8 Å². The van der Waals surface area contributed by atoms with Gasteiger partial charge in [0.2, 0.25) is 0 Å². The first kappa shape index (κ1) is 7.92. The zero-order valence-corrected chi connectivity index (χ0v) is 5.55. The number of hydrogen-bond acceptors (Lipinski definition) is 2. The van der Waals surface area contributed by atoms with E-state index in [2.05, 4.69) is 0 Å². The Morgan fingerprint density at radius 1 is 1.62 bits per heavy atom. The molecule has 1 N–H and O–H groups in total. The van der Waals surface area contributed by atoms with Gasteiger partial charge < -0.3 is 9.84 Å². The fourth-order valence-electron chi connectivity index (χ4n) is 0.497. The maximum atomic E-state index is 8.36. The molecular weight excluding hydrogens is 104 g/mol. The molecule has 0 aromatic heterocycles. The van der Waals surface area contributed by atoms with Crippen LogP contribution in [0.4, 0.5) is 0 Å². The van der Waals surface area contributed by atoms with Crippen LogP contribution in [0.2, 0.25) is 0 Å². The summed E-state index contributed by atoms with van der Waals surface area (Å²) in [7, 11) is 1.68. The smallest absolute Gasteiger partial charge is 0.0544 e. The summed E-state index contributed by atoms with van der Waals surface area (Å²) < 4.78 is 4.94. The van der Waals surface area contributed by atoms with Gasteiger partial charge >= 0.3 is 0 Å². The second kappa shape index (κ2) is 5.06. The van der Waals surface area contributed by atoms with Crippen LogP contribution in [0, 0.1) is 0 Å². The van der Waals surface area contributed by atoms with Crippen LogP contribution in [-0.2, 0) is 4.74 Å². The lowest BCUT2D eigenvalue weighted by Gasteiger charge is -2.05. The summed E-state index contributed by atoms with van der Waals surface area (Å²) in [5.41, 5.74) is 0. The molecule has 50 valence electrons. The van der Waals surface area contributed by atoms with Gasteiger partial charge in [-0.25, -0.2) is 0 Å².